The quantitative estimate of drug-likeness (QED) is 0.894. The SMILES string of the molecule is CC(CN)CN1CC(c2ccc(Br)s2)NC1=O. The zero-order valence-electron chi connectivity index (χ0n) is 9.65. The van der Waals surface area contributed by atoms with Crippen LogP contribution in [0.2, 0.25) is 0 Å². The van der Waals surface area contributed by atoms with E-state index in [2.05, 4.69) is 34.2 Å². The number of nitrogens with zero attached hydrogens (tertiary/aromatic N) is 1. The van der Waals surface area contributed by atoms with Gasteiger partial charge in [0.15, 0.2) is 0 Å². The largest absolute Gasteiger partial charge is 0.330 e. The van der Waals surface area contributed by atoms with E-state index in [1.807, 2.05) is 11.0 Å². The molecule has 1 aromatic heterocycles. The zero-order chi connectivity index (χ0) is 12.4. The van der Waals surface area contributed by atoms with E-state index >= 15 is 0 Å². The summed E-state index contributed by atoms with van der Waals surface area (Å²) in [5.41, 5.74) is 5.58. The third-order valence-electron chi connectivity index (χ3n) is 2.86. The lowest BCUT2D eigenvalue weighted by Gasteiger charge is -2.18. The number of hydrogen-bond acceptors (Lipinski definition) is 3. The average Bonchev–Trinajstić information content (AvgIpc) is 2.86. The lowest BCUT2D eigenvalue weighted by molar-refractivity contribution is 0.211. The fourth-order valence-corrected chi connectivity index (χ4v) is 3.34. The van der Waals surface area contributed by atoms with Gasteiger partial charge in [0.2, 0.25) is 0 Å². The predicted octanol–water partition coefficient (Wildman–Crippen LogP) is 2.17. The summed E-state index contributed by atoms with van der Waals surface area (Å²) in [5, 5.41) is 3.00. The molecule has 2 rings (SSSR count). The molecule has 0 saturated carbocycles. The molecule has 0 aliphatic carbocycles. The summed E-state index contributed by atoms with van der Waals surface area (Å²) in [6.07, 6.45) is 0. The van der Waals surface area contributed by atoms with Crippen molar-refractivity contribution in [1.29, 1.82) is 0 Å². The summed E-state index contributed by atoms with van der Waals surface area (Å²) in [7, 11) is 0. The Morgan fingerprint density at radius 1 is 1.71 bits per heavy atom. The molecule has 6 heteroatoms. The highest BCUT2D eigenvalue weighted by molar-refractivity contribution is 9.11. The number of halogens is 1. The van der Waals surface area contributed by atoms with E-state index in [1.54, 1.807) is 11.3 Å². The van der Waals surface area contributed by atoms with Crippen molar-refractivity contribution in [3.05, 3.63) is 20.8 Å². The topological polar surface area (TPSA) is 58.4 Å². The number of thiophene rings is 1. The summed E-state index contributed by atoms with van der Waals surface area (Å²) in [6, 6.07) is 4.19. The van der Waals surface area contributed by atoms with Gasteiger partial charge in [-0.05, 0) is 40.5 Å². The Morgan fingerprint density at radius 3 is 3.06 bits per heavy atom. The van der Waals surface area contributed by atoms with Crippen LogP contribution < -0.4 is 11.1 Å². The zero-order valence-corrected chi connectivity index (χ0v) is 12.1. The minimum Gasteiger partial charge on any atom is -0.330 e. The molecule has 94 valence electrons. The van der Waals surface area contributed by atoms with Crippen molar-refractivity contribution < 1.29 is 4.79 Å². The van der Waals surface area contributed by atoms with Crippen molar-refractivity contribution in [2.45, 2.75) is 13.0 Å². The van der Waals surface area contributed by atoms with E-state index in [0.717, 1.165) is 16.9 Å². The number of nitrogens with two attached hydrogens (primary N) is 1. The third-order valence-corrected chi connectivity index (χ3v) is 4.60. The monoisotopic (exact) mass is 317 g/mol. The highest BCUT2D eigenvalue weighted by Crippen LogP contribution is 2.30. The van der Waals surface area contributed by atoms with Gasteiger partial charge in [0.25, 0.3) is 0 Å². The first kappa shape index (κ1) is 12.9. The van der Waals surface area contributed by atoms with Gasteiger partial charge in [0.05, 0.1) is 9.83 Å². The highest BCUT2D eigenvalue weighted by Gasteiger charge is 2.30. The number of hydrogen-bond donors (Lipinski definition) is 2. The predicted molar refractivity (Wildman–Crippen MR) is 73.1 cm³/mol. The first-order valence-corrected chi connectivity index (χ1v) is 7.22. The van der Waals surface area contributed by atoms with Crippen molar-refractivity contribution in [1.82, 2.24) is 10.2 Å². The van der Waals surface area contributed by atoms with Crippen molar-refractivity contribution in [3.63, 3.8) is 0 Å². The minimum absolute atomic E-state index is 0.0137. The number of rotatable bonds is 4. The van der Waals surface area contributed by atoms with Crippen LogP contribution >= 0.6 is 27.3 Å². The van der Waals surface area contributed by atoms with E-state index in [-0.39, 0.29) is 12.1 Å². The maximum atomic E-state index is 11.8. The molecule has 1 fully saturated rings. The number of carbonyl (C=O) groups excluding carboxylic acids is 1. The summed E-state index contributed by atoms with van der Waals surface area (Å²) in [5.74, 6) is 0.342. The molecule has 3 N–H and O–H groups in total. The van der Waals surface area contributed by atoms with E-state index in [4.69, 9.17) is 5.73 Å². The fourth-order valence-electron chi connectivity index (χ4n) is 1.87. The van der Waals surface area contributed by atoms with Crippen LogP contribution in [0.25, 0.3) is 0 Å². The molecule has 0 aromatic carbocycles. The number of urea groups is 1. The van der Waals surface area contributed by atoms with Gasteiger partial charge in [-0.15, -0.1) is 11.3 Å². The van der Waals surface area contributed by atoms with Gasteiger partial charge in [-0.25, -0.2) is 4.79 Å². The highest BCUT2D eigenvalue weighted by atomic mass is 79.9. The summed E-state index contributed by atoms with van der Waals surface area (Å²) < 4.78 is 1.09. The first-order valence-electron chi connectivity index (χ1n) is 5.61. The molecular formula is C11H16BrN3OS. The molecular weight excluding hydrogens is 302 g/mol. The van der Waals surface area contributed by atoms with E-state index in [0.29, 0.717) is 12.5 Å². The van der Waals surface area contributed by atoms with Gasteiger partial charge in [0, 0.05) is 18.0 Å². The number of nitrogens with one attached hydrogen (secondary N) is 1. The summed E-state index contributed by atoms with van der Waals surface area (Å²) in [6.45, 7) is 4.13. The maximum absolute atomic E-state index is 11.8. The van der Waals surface area contributed by atoms with Gasteiger partial charge in [-0.1, -0.05) is 6.92 Å². The molecule has 2 atom stereocenters. The molecule has 2 heterocycles. The van der Waals surface area contributed by atoms with Crippen LogP contribution in [0.3, 0.4) is 0 Å². The number of amides is 2. The summed E-state index contributed by atoms with van der Waals surface area (Å²) >= 11 is 5.10. The molecule has 1 aliphatic heterocycles. The fraction of sp³-hybridized carbons (Fsp3) is 0.545. The lowest BCUT2D eigenvalue weighted by atomic mass is 10.1. The Bertz CT molecular complexity index is 409. The molecule has 0 radical (unpaired) electrons. The Hall–Kier alpha value is -0.590. The standard InChI is InChI=1S/C11H16BrN3OS/c1-7(4-13)5-15-6-8(14-11(15)16)9-2-3-10(12)17-9/h2-3,7-8H,4-6,13H2,1H3,(H,14,16). The van der Waals surface area contributed by atoms with E-state index in [1.165, 1.54) is 4.88 Å². The van der Waals surface area contributed by atoms with Gasteiger partial charge in [-0.2, -0.15) is 0 Å². The van der Waals surface area contributed by atoms with Crippen molar-refractivity contribution in [3.8, 4) is 0 Å². The van der Waals surface area contributed by atoms with Crippen LogP contribution in [0, 0.1) is 5.92 Å². The maximum Gasteiger partial charge on any atom is 0.318 e. The second-order valence-corrected chi connectivity index (χ2v) is 6.88. The molecule has 0 spiro atoms. The van der Waals surface area contributed by atoms with Crippen LogP contribution in [0.1, 0.15) is 17.8 Å². The van der Waals surface area contributed by atoms with E-state index in [9.17, 15) is 4.79 Å². The molecule has 1 saturated heterocycles. The van der Waals surface area contributed by atoms with Crippen molar-refractivity contribution >= 4 is 33.3 Å². The second kappa shape index (κ2) is 5.37. The lowest BCUT2D eigenvalue weighted by Crippen LogP contribution is -2.34. The average molecular weight is 318 g/mol. The molecule has 2 amide bonds. The van der Waals surface area contributed by atoms with Crippen LogP contribution in [0.5, 0.6) is 0 Å². The minimum atomic E-state index is 0.0137. The van der Waals surface area contributed by atoms with Crippen LogP contribution in [0.4, 0.5) is 4.79 Å². The Morgan fingerprint density at radius 2 is 2.47 bits per heavy atom. The second-order valence-electron chi connectivity index (χ2n) is 4.39. The van der Waals surface area contributed by atoms with Crippen LogP contribution in [-0.4, -0.2) is 30.6 Å². The molecule has 0 bridgehead atoms. The Labute approximate surface area is 113 Å². The van der Waals surface area contributed by atoms with Gasteiger partial charge in [0.1, 0.15) is 0 Å². The summed E-state index contributed by atoms with van der Waals surface area (Å²) in [4.78, 5) is 14.8. The molecule has 2 unspecified atom stereocenters. The molecule has 1 aromatic rings. The normalized spacial score (nSPS) is 21.7. The Kier molecular flexibility index (Phi) is 4.06. The van der Waals surface area contributed by atoms with E-state index < -0.39 is 0 Å². The number of carbonyl (C=O) groups is 1. The van der Waals surface area contributed by atoms with Gasteiger partial charge in [-0.3, -0.25) is 0 Å². The van der Waals surface area contributed by atoms with Gasteiger partial charge >= 0.3 is 6.03 Å². The molecule has 4 nitrogen and oxygen atoms in total. The van der Waals surface area contributed by atoms with Crippen molar-refractivity contribution in [2.24, 2.45) is 11.7 Å². The Balaban J connectivity index is 1.99. The van der Waals surface area contributed by atoms with Gasteiger partial charge < -0.3 is 16.0 Å². The smallest absolute Gasteiger partial charge is 0.318 e. The van der Waals surface area contributed by atoms with Crippen molar-refractivity contribution in [2.75, 3.05) is 19.6 Å². The first-order chi connectivity index (χ1) is 8.10. The molecule has 17 heavy (non-hydrogen) atoms. The van der Waals surface area contributed by atoms with Crippen LogP contribution in [0.15, 0.2) is 15.9 Å². The van der Waals surface area contributed by atoms with Crippen LogP contribution in [-0.2, 0) is 0 Å². The third kappa shape index (κ3) is 3.00. The molecule has 1 aliphatic rings.